The summed E-state index contributed by atoms with van der Waals surface area (Å²) in [5.74, 6) is 0. The number of hydrogen-bond acceptors (Lipinski definition) is 0. The molecule has 0 saturated carbocycles. The number of allylic oxidation sites excluding steroid dienone is 2. The molecule has 0 rings (SSSR count). The van der Waals surface area contributed by atoms with Gasteiger partial charge < -0.3 is 0 Å². The Kier molecular flexibility index (Phi) is 9.42. The van der Waals surface area contributed by atoms with Crippen LogP contribution in [-0.2, 0) is 0 Å². The van der Waals surface area contributed by atoms with E-state index >= 15 is 0 Å². The molecule has 0 spiro atoms. The Morgan fingerprint density at radius 3 is 2.40 bits per heavy atom. The number of hydrogen-bond donors (Lipinski definition) is 0. The van der Waals surface area contributed by atoms with E-state index in [1.54, 1.807) is 0 Å². The second-order valence-electron chi connectivity index (χ2n) is 2.46. The highest BCUT2D eigenvalue weighted by Crippen LogP contribution is 2.04. The lowest BCUT2D eigenvalue weighted by molar-refractivity contribution is 0.679. The Balaban J connectivity index is 2.77. The van der Waals surface area contributed by atoms with Crippen molar-refractivity contribution < 1.29 is 0 Å². The maximum Gasteiger partial charge on any atom is 0.00313 e. The van der Waals surface area contributed by atoms with Crippen molar-refractivity contribution in [2.75, 3.05) is 5.33 Å². The van der Waals surface area contributed by atoms with Gasteiger partial charge in [0.2, 0.25) is 0 Å². The van der Waals surface area contributed by atoms with Crippen molar-refractivity contribution in [3.63, 3.8) is 0 Å². The van der Waals surface area contributed by atoms with Crippen LogP contribution in [0, 0.1) is 0 Å². The largest absolute Gasteiger partial charge is 0.0928 e. The van der Waals surface area contributed by atoms with E-state index < -0.39 is 0 Å². The van der Waals surface area contributed by atoms with Crippen molar-refractivity contribution in [1.82, 2.24) is 0 Å². The highest BCUT2D eigenvalue weighted by Gasteiger charge is 1.85. The van der Waals surface area contributed by atoms with E-state index in [9.17, 15) is 0 Å². The summed E-state index contributed by atoms with van der Waals surface area (Å²) in [4.78, 5) is 0. The minimum atomic E-state index is 1.16. The van der Waals surface area contributed by atoms with Gasteiger partial charge in [0.15, 0.2) is 0 Å². The van der Waals surface area contributed by atoms with Crippen LogP contribution in [-0.4, -0.2) is 5.33 Å². The van der Waals surface area contributed by atoms with E-state index in [1.165, 1.54) is 32.1 Å². The summed E-state index contributed by atoms with van der Waals surface area (Å²) >= 11 is 3.42. The Labute approximate surface area is 72.8 Å². The highest BCUT2D eigenvalue weighted by molar-refractivity contribution is 9.09. The lowest BCUT2D eigenvalue weighted by Crippen LogP contribution is -1.77. The smallest absolute Gasteiger partial charge is 0.00313 e. The van der Waals surface area contributed by atoms with Crippen molar-refractivity contribution in [3.05, 3.63) is 12.2 Å². The standard InChI is InChI=1S/C9H17Br/c1-2-3-4-5-6-7-8-9-10/h2-3H,4-9H2,1H3/b3-2+. The van der Waals surface area contributed by atoms with Gasteiger partial charge in [-0.2, -0.15) is 0 Å². The quantitative estimate of drug-likeness (QED) is 0.350. The third-order valence-corrected chi connectivity index (χ3v) is 2.05. The van der Waals surface area contributed by atoms with Crippen LogP contribution in [0.15, 0.2) is 12.2 Å². The van der Waals surface area contributed by atoms with E-state index in [0.29, 0.717) is 0 Å². The maximum atomic E-state index is 3.42. The molecule has 0 aromatic rings. The molecule has 0 saturated heterocycles. The van der Waals surface area contributed by atoms with Gasteiger partial charge in [-0.05, 0) is 26.2 Å². The number of unbranched alkanes of at least 4 members (excludes halogenated alkanes) is 4. The van der Waals surface area contributed by atoms with Crippen molar-refractivity contribution in [1.29, 1.82) is 0 Å². The molecule has 0 fully saturated rings. The summed E-state index contributed by atoms with van der Waals surface area (Å²) in [6.45, 7) is 2.08. The van der Waals surface area contributed by atoms with Crippen molar-refractivity contribution in [2.45, 2.75) is 39.0 Å². The Morgan fingerprint density at radius 1 is 1.10 bits per heavy atom. The molecule has 0 amide bonds. The summed E-state index contributed by atoms with van der Waals surface area (Å²) < 4.78 is 0. The van der Waals surface area contributed by atoms with E-state index in [-0.39, 0.29) is 0 Å². The van der Waals surface area contributed by atoms with Crippen LogP contribution in [0.1, 0.15) is 39.0 Å². The van der Waals surface area contributed by atoms with E-state index in [4.69, 9.17) is 0 Å². The first-order valence-corrected chi connectivity index (χ1v) is 5.21. The topological polar surface area (TPSA) is 0 Å². The molecule has 0 N–H and O–H groups in total. The molecule has 0 heterocycles. The fourth-order valence-corrected chi connectivity index (χ4v) is 1.27. The molecule has 0 unspecified atom stereocenters. The van der Waals surface area contributed by atoms with E-state index in [1.807, 2.05) is 0 Å². The minimum Gasteiger partial charge on any atom is -0.0928 e. The summed E-state index contributed by atoms with van der Waals surface area (Å²) in [6, 6.07) is 0. The monoisotopic (exact) mass is 204 g/mol. The molecule has 10 heavy (non-hydrogen) atoms. The third kappa shape index (κ3) is 8.22. The van der Waals surface area contributed by atoms with Crippen LogP contribution in [0.25, 0.3) is 0 Å². The Hall–Kier alpha value is 0.220. The van der Waals surface area contributed by atoms with Gasteiger partial charge in [0.25, 0.3) is 0 Å². The number of halogens is 1. The molecule has 0 nitrogen and oxygen atoms in total. The zero-order valence-electron chi connectivity index (χ0n) is 6.78. The SMILES string of the molecule is C/C=C/CCCCCCBr. The maximum absolute atomic E-state index is 3.42. The molecular weight excluding hydrogens is 188 g/mol. The average Bonchev–Trinajstić information content (AvgIpc) is 1.97. The molecule has 0 radical (unpaired) electrons. The van der Waals surface area contributed by atoms with Crippen molar-refractivity contribution >= 4 is 15.9 Å². The lowest BCUT2D eigenvalue weighted by Gasteiger charge is -1.94. The average molecular weight is 205 g/mol. The normalized spacial score (nSPS) is 11.0. The number of alkyl halides is 1. The first kappa shape index (κ1) is 10.2. The Bertz CT molecular complexity index is 76.8. The molecule has 0 aromatic carbocycles. The molecule has 1 heteroatoms. The predicted octanol–water partition coefficient (Wildman–Crippen LogP) is 3.91. The van der Waals surface area contributed by atoms with Crippen LogP contribution < -0.4 is 0 Å². The summed E-state index contributed by atoms with van der Waals surface area (Å²) in [5.41, 5.74) is 0. The van der Waals surface area contributed by atoms with E-state index in [0.717, 1.165) is 5.33 Å². The van der Waals surface area contributed by atoms with Crippen LogP contribution in [0.3, 0.4) is 0 Å². The molecule has 0 atom stereocenters. The van der Waals surface area contributed by atoms with E-state index in [2.05, 4.69) is 35.0 Å². The zero-order chi connectivity index (χ0) is 7.66. The van der Waals surface area contributed by atoms with Crippen molar-refractivity contribution in [3.8, 4) is 0 Å². The molecular formula is C9H17Br. The minimum absolute atomic E-state index is 1.16. The van der Waals surface area contributed by atoms with Crippen LogP contribution in [0.5, 0.6) is 0 Å². The van der Waals surface area contributed by atoms with Gasteiger partial charge in [0, 0.05) is 5.33 Å². The first-order chi connectivity index (χ1) is 4.91. The molecule has 0 aliphatic carbocycles. The first-order valence-electron chi connectivity index (χ1n) is 4.09. The number of rotatable bonds is 6. The molecule has 0 aliphatic heterocycles. The second-order valence-corrected chi connectivity index (χ2v) is 3.25. The van der Waals surface area contributed by atoms with Gasteiger partial charge in [0.1, 0.15) is 0 Å². The predicted molar refractivity (Wildman–Crippen MR) is 51.7 cm³/mol. The molecule has 60 valence electrons. The second kappa shape index (κ2) is 9.22. The molecule has 0 aromatic heterocycles. The Morgan fingerprint density at radius 2 is 1.80 bits per heavy atom. The highest BCUT2D eigenvalue weighted by atomic mass is 79.9. The van der Waals surface area contributed by atoms with Crippen LogP contribution in [0.2, 0.25) is 0 Å². The van der Waals surface area contributed by atoms with Gasteiger partial charge in [-0.25, -0.2) is 0 Å². The summed E-state index contributed by atoms with van der Waals surface area (Å²) in [5, 5.41) is 1.16. The molecule has 0 bridgehead atoms. The fraction of sp³-hybridized carbons (Fsp3) is 0.778. The van der Waals surface area contributed by atoms with Gasteiger partial charge >= 0.3 is 0 Å². The van der Waals surface area contributed by atoms with Crippen LogP contribution in [0.4, 0.5) is 0 Å². The zero-order valence-corrected chi connectivity index (χ0v) is 8.36. The van der Waals surface area contributed by atoms with Gasteiger partial charge in [0.05, 0.1) is 0 Å². The summed E-state index contributed by atoms with van der Waals surface area (Å²) in [6.07, 6.45) is 11.1. The van der Waals surface area contributed by atoms with Gasteiger partial charge in [-0.1, -0.05) is 40.9 Å². The third-order valence-electron chi connectivity index (χ3n) is 1.49. The summed E-state index contributed by atoms with van der Waals surface area (Å²) in [7, 11) is 0. The fourth-order valence-electron chi connectivity index (χ4n) is 0.877. The van der Waals surface area contributed by atoms with Gasteiger partial charge in [-0.3, -0.25) is 0 Å². The van der Waals surface area contributed by atoms with Crippen LogP contribution >= 0.6 is 15.9 Å². The van der Waals surface area contributed by atoms with Gasteiger partial charge in [-0.15, -0.1) is 0 Å². The molecule has 0 aliphatic rings. The van der Waals surface area contributed by atoms with Crippen molar-refractivity contribution in [2.24, 2.45) is 0 Å². The lowest BCUT2D eigenvalue weighted by atomic mass is 10.1.